The SMILES string of the molecule is O=C(CSc1nc2c(c(=O)n1CCc1ccccc1)C1(CCCCC1)Cc1ccccc1-2)NCc1ccco1. The molecular weight excluding hydrogens is 506 g/mol. The summed E-state index contributed by atoms with van der Waals surface area (Å²) in [6.07, 6.45) is 8.74. The number of fused-ring (bicyclic) bond motifs is 4. The van der Waals surface area contributed by atoms with Gasteiger partial charge in [-0.05, 0) is 48.9 Å². The van der Waals surface area contributed by atoms with E-state index in [0.29, 0.717) is 24.0 Å². The van der Waals surface area contributed by atoms with E-state index in [1.165, 1.54) is 29.3 Å². The van der Waals surface area contributed by atoms with Gasteiger partial charge in [0.15, 0.2) is 5.16 Å². The highest BCUT2D eigenvalue weighted by Crippen LogP contribution is 2.48. The summed E-state index contributed by atoms with van der Waals surface area (Å²) in [4.78, 5) is 32.4. The minimum atomic E-state index is -0.163. The molecule has 7 heteroatoms. The first-order chi connectivity index (χ1) is 19.1. The van der Waals surface area contributed by atoms with E-state index in [1.54, 1.807) is 12.3 Å². The van der Waals surface area contributed by atoms with E-state index < -0.39 is 0 Å². The molecule has 2 aromatic carbocycles. The molecule has 200 valence electrons. The van der Waals surface area contributed by atoms with Crippen molar-refractivity contribution in [2.75, 3.05) is 5.75 Å². The predicted molar refractivity (Wildman–Crippen MR) is 154 cm³/mol. The summed E-state index contributed by atoms with van der Waals surface area (Å²) in [6.45, 7) is 0.859. The molecule has 2 aliphatic rings. The van der Waals surface area contributed by atoms with E-state index in [0.717, 1.165) is 55.3 Å². The maximum Gasteiger partial charge on any atom is 0.258 e. The molecule has 1 spiro atoms. The zero-order valence-electron chi connectivity index (χ0n) is 22.0. The number of hydrogen-bond donors (Lipinski definition) is 1. The molecule has 0 atom stereocenters. The Bertz CT molecular complexity index is 1510. The molecular formula is C32H33N3O3S. The molecule has 39 heavy (non-hydrogen) atoms. The summed E-state index contributed by atoms with van der Waals surface area (Å²) in [5.74, 6) is 0.751. The van der Waals surface area contributed by atoms with Crippen molar-refractivity contribution in [2.45, 2.75) is 68.6 Å². The molecule has 6 rings (SSSR count). The third kappa shape index (κ3) is 5.33. The minimum absolute atomic E-state index is 0.0610. The number of nitrogens with zero attached hydrogens (tertiary/aromatic N) is 2. The Balaban J connectivity index is 1.38. The molecule has 4 aromatic rings. The van der Waals surface area contributed by atoms with Crippen LogP contribution in [-0.2, 0) is 36.1 Å². The Hall–Kier alpha value is -3.58. The Morgan fingerprint density at radius 2 is 1.79 bits per heavy atom. The third-order valence-corrected chi connectivity index (χ3v) is 9.09. The lowest BCUT2D eigenvalue weighted by Crippen LogP contribution is -2.43. The Labute approximate surface area is 232 Å². The lowest BCUT2D eigenvalue weighted by atomic mass is 9.62. The van der Waals surface area contributed by atoms with Crippen LogP contribution in [0.25, 0.3) is 11.3 Å². The molecule has 0 aliphatic heterocycles. The predicted octanol–water partition coefficient (Wildman–Crippen LogP) is 5.91. The second-order valence-corrected chi connectivity index (χ2v) is 11.6. The van der Waals surface area contributed by atoms with Crippen molar-refractivity contribution < 1.29 is 9.21 Å². The van der Waals surface area contributed by atoms with E-state index in [4.69, 9.17) is 9.40 Å². The van der Waals surface area contributed by atoms with Crippen LogP contribution in [0.2, 0.25) is 0 Å². The topological polar surface area (TPSA) is 77.1 Å². The van der Waals surface area contributed by atoms with Gasteiger partial charge in [-0.15, -0.1) is 0 Å². The van der Waals surface area contributed by atoms with Crippen LogP contribution in [0.5, 0.6) is 0 Å². The summed E-state index contributed by atoms with van der Waals surface area (Å²) in [5.41, 5.74) is 5.11. The van der Waals surface area contributed by atoms with Crippen LogP contribution in [0.4, 0.5) is 0 Å². The van der Waals surface area contributed by atoms with Gasteiger partial charge in [0.1, 0.15) is 5.76 Å². The first-order valence-corrected chi connectivity index (χ1v) is 14.8. The second-order valence-electron chi connectivity index (χ2n) is 10.6. The van der Waals surface area contributed by atoms with Gasteiger partial charge in [0, 0.05) is 17.5 Å². The molecule has 2 aliphatic carbocycles. The Morgan fingerprint density at radius 3 is 2.59 bits per heavy atom. The normalized spacial score (nSPS) is 15.5. The average Bonchev–Trinajstić information content (AvgIpc) is 3.49. The first kappa shape index (κ1) is 25.7. The molecule has 0 saturated heterocycles. The van der Waals surface area contributed by atoms with E-state index in [2.05, 4.69) is 35.6 Å². The number of carbonyl (C=O) groups excluding carboxylic acids is 1. The lowest BCUT2D eigenvalue weighted by molar-refractivity contribution is -0.118. The van der Waals surface area contributed by atoms with Gasteiger partial charge in [-0.3, -0.25) is 14.2 Å². The number of carbonyl (C=O) groups is 1. The quantitative estimate of drug-likeness (QED) is 0.222. The van der Waals surface area contributed by atoms with Crippen molar-refractivity contribution in [2.24, 2.45) is 0 Å². The zero-order chi connectivity index (χ0) is 26.7. The summed E-state index contributed by atoms with van der Waals surface area (Å²) in [6, 6.07) is 22.2. The number of amides is 1. The highest BCUT2D eigenvalue weighted by atomic mass is 32.2. The van der Waals surface area contributed by atoms with E-state index in [1.807, 2.05) is 34.9 Å². The number of rotatable bonds is 8. The first-order valence-electron chi connectivity index (χ1n) is 13.8. The van der Waals surface area contributed by atoms with Crippen LogP contribution in [0.3, 0.4) is 0 Å². The summed E-state index contributed by atoms with van der Waals surface area (Å²) in [7, 11) is 0. The van der Waals surface area contributed by atoms with Gasteiger partial charge in [-0.1, -0.05) is 85.6 Å². The van der Waals surface area contributed by atoms with Gasteiger partial charge >= 0.3 is 0 Å². The molecule has 1 fully saturated rings. The van der Waals surface area contributed by atoms with Crippen LogP contribution in [0, 0.1) is 0 Å². The number of aryl methyl sites for hydroxylation is 1. The summed E-state index contributed by atoms with van der Waals surface area (Å²) in [5, 5.41) is 3.51. The van der Waals surface area contributed by atoms with Crippen LogP contribution in [0.15, 0.2) is 87.4 Å². The molecule has 2 aromatic heterocycles. The Morgan fingerprint density at radius 1 is 1.00 bits per heavy atom. The minimum Gasteiger partial charge on any atom is -0.467 e. The molecule has 6 nitrogen and oxygen atoms in total. The molecule has 0 radical (unpaired) electrons. The summed E-state index contributed by atoms with van der Waals surface area (Å²) < 4.78 is 7.16. The molecule has 1 N–H and O–H groups in total. The van der Waals surface area contributed by atoms with Gasteiger partial charge in [0.2, 0.25) is 5.91 Å². The monoisotopic (exact) mass is 539 g/mol. The van der Waals surface area contributed by atoms with Gasteiger partial charge in [-0.25, -0.2) is 4.98 Å². The number of benzene rings is 2. The van der Waals surface area contributed by atoms with Crippen molar-refractivity contribution in [3.8, 4) is 11.3 Å². The summed E-state index contributed by atoms with van der Waals surface area (Å²) >= 11 is 1.33. The smallest absolute Gasteiger partial charge is 0.258 e. The second kappa shape index (κ2) is 11.3. The third-order valence-electron chi connectivity index (χ3n) is 8.12. The van der Waals surface area contributed by atoms with Gasteiger partial charge < -0.3 is 9.73 Å². The number of thioether (sulfide) groups is 1. The average molecular weight is 540 g/mol. The lowest BCUT2D eigenvalue weighted by Gasteiger charge is -2.42. The van der Waals surface area contributed by atoms with Gasteiger partial charge in [0.05, 0.1) is 29.8 Å². The molecule has 1 amide bonds. The van der Waals surface area contributed by atoms with Crippen molar-refractivity contribution in [3.05, 3.63) is 106 Å². The van der Waals surface area contributed by atoms with E-state index >= 15 is 0 Å². The highest BCUT2D eigenvalue weighted by molar-refractivity contribution is 7.99. The molecule has 2 heterocycles. The molecule has 0 bridgehead atoms. The van der Waals surface area contributed by atoms with E-state index in [-0.39, 0.29) is 22.6 Å². The van der Waals surface area contributed by atoms with Crippen molar-refractivity contribution in [1.29, 1.82) is 0 Å². The molecule has 0 unspecified atom stereocenters. The van der Waals surface area contributed by atoms with E-state index in [9.17, 15) is 9.59 Å². The van der Waals surface area contributed by atoms with Gasteiger partial charge in [-0.2, -0.15) is 0 Å². The van der Waals surface area contributed by atoms with Crippen LogP contribution in [0.1, 0.15) is 54.6 Å². The fourth-order valence-corrected chi connectivity index (χ4v) is 7.04. The fraction of sp³-hybridized carbons (Fsp3) is 0.344. The highest BCUT2D eigenvalue weighted by Gasteiger charge is 2.43. The van der Waals surface area contributed by atoms with Crippen molar-refractivity contribution >= 4 is 17.7 Å². The maximum absolute atomic E-state index is 14.5. The fourth-order valence-electron chi connectivity index (χ4n) is 6.19. The number of aromatic nitrogens is 2. The number of nitrogens with one attached hydrogen (secondary N) is 1. The van der Waals surface area contributed by atoms with Crippen LogP contribution in [-0.4, -0.2) is 21.2 Å². The molecule has 1 saturated carbocycles. The van der Waals surface area contributed by atoms with Crippen LogP contribution >= 0.6 is 11.8 Å². The van der Waals surface area contributed by atoms with Gasteiger partial charge in [0.25, 0.3) is 5.56 Å². The zero-order valence-corrected chi connectivity index (χ0v) is 22.8. The van der Waals surface area contributed by atoms with Crippen molar-refractivity contribution in [1.82, 2.24) is 14.9 Å². The van der Waals surface area contributed by atoms with Crippen LogP contribution < -0.4 is 10.9 Å². The Kier molecular flexibility index (Phi) is 7.42. The standard InChI is InChI=1S/C32H33N3O3S/c36-27(33-21-25-13-9-19-38-25)22-39-31-34-29-26-14-6-5-12-24(26)20-32(16-7-2-8-17-32)28(29)30(37)35(31)18-15-23-10-3-1-4-11-23/h1,3-6,9-14,19H,2,7-8,15-18,20-22H2,(H,33,36). The van der Waals surface area contributed by atoms with Crippen molar-refractivity contribution in [3.63, 3.8) is 0 Å². The number of furan rings is 1. The number of hydrogen-bond acceptors (Lipinski definition) is 5. The largest absolute Gasteiger partial charge is 0.467 e. The maximum atomic E-state index is 14.5.